The number of hydrogen-bond acceptors (Lipinski definition) is 3. The summed E-state index contributed by atoms with van der Waals surface area (Å²) < 4.78 is 28.6. The minimum absolute atomic E-state index is 0.204. The smallest absolute Gasteiger partial charge is 0.387 e. The number of hydrogen-bond donors (Lipinski definition) is 1. The number of likely N-dealkylation sites (tertiary alicyclic amines) is 1. The molecule has 3 nitrogen and oxygen atoms in total. The Morgan fingerprint density at radius 1 is 1.33 bits per heavy atom. The highest BCUT2D eigenvalue weighted by atomic mass is 19.3. The lowest BCUT2D eigenvalue weighted by Crippen LogP contribution is -2.37. The van der Waals surface area contributed by atoms with E-state index in [1.54, 1.807) is 12.1 Å². The normalized spacial score (nSPS) is 21.5. The Kier molecular flexibility index (Phi) is 5.94. The number of nitrogens with zero attached hydrogens (tertiary/aromatic N) is 1. The molecule has 1 aromatic carbocycles. The molecule has 118 valence electrons. The van der Waals surface area contributed by atoms with Crippen molar-refractivity contribution >= 4 is 0 Å². The first-order chi connectivity index (χ1) is 10.0. The minimum Gasteiger partial charge on any atom is -0.435 e. The van der Waals surface area contributed by atoms with Crippen LogP contribution in [0.25, 0.3) is 0 Å². The molecule has 1 saturated heterocycles. The standard InChI is InChI=1S/C16H24F2N2O/c1-12(19-10-13-4-3-9-20(2)11-13)14-5-7-15(8-6-14)21-16(17)18/h5-8,12-13,16,19H,3-4,9-11H2,1-2H3. The van der Waals surface area contributed by atoms with E-state index in [0.717, 1.165) is 18.7 Å². The van der Waals surface area contributed by atoms with E-state index in [2.05, 4.69) is 28.9 Å². The Labute approximate surface area is 125 Å². The first-order valence-corrected chi connectivity index (χ1v) is 7.51. The maximum Gasteiger partial charge on any atom is 0.387 e. The fourth-order valence-electron chi connectivity index (χ4n) is 2.84. The summed E-state index contributed by atoms with van der Waals surface area (Å²) in [5, 5.41) is 3.53. The van der Waals surface area contributed by atoms with E-state index in [9.17, 15) is 8.78 Å². The summed E-state index contributed by atoms with van der Waals surface area (Å²) in [6.07, 6.45) is 2.53. The molecule has 1 aromatic rings. The van der Waals surface area contributed by atoms with Crippen molar-refractivity contribution in [2.45, 2.75) is 32.4 Å². The second-order valence-electron chi connectivity index (χ2n) is 5.85. The van der Waals surface area contributed by atoms with Crippen LogP contribution in [0.2, 0.25) is 0 Å². The quantitative estimate of drug-likeness (QED) is 0.872. The SMILES string of the molecule is CC(NCC1CCCN(C)C1)c1ccc(OC(F)F)cc1. The molecule has 0 spiro atoms. The van der Waals surface area contributed by atoms with Crippen molar-refractivity contribution < 1.29 is 13.5 Å². The molecule has 0 saturated carbocycles. The van der Waals surface area contributed by atoms with Crippen molar-refractivity contribution in [1.29, 1.82) is 0 Å². The van der Waals surface area contributed by atoms with Crippen LogP contribution >= 0.6 is 0 Å². The molecule has 2 atom stereocenters. The van der Waals surface area contributed by atoms with Crippen molar-refractivity contribution in [2.75, 3.05) is 26.7 Å². The fraction of sp³-hybridized carbons (Fsp3) is 0.625. The van der Waals surface area contributed by atoms with Gasteiger partial charge < -0.3 is 15.0 Å². The fourth-order valence-corrected chi connectivity index (χ4v) is 2.84. The number of ether oxygens (including phenoxy) is 1. The number of benzene rings is 1. The maximum atomic E-state index is 12.1. The molecule has 21 heavy (non-hydrogen) atoms. The molecule has 0 aliphatic carbocycles. The van der Waals surface area contributed by atoms with Gasteiger partial charge in [-0.05, 0) is 63.5 Å². The number of piperidine rings is 1. The van der Waals surface area contributed by atoms with E-state index >= 15 is 0 Å². The highest BCUT2D eigenvalue weighted by molar-refractivity contribution is 5.28. The minimum atomic E-state index is -2.77. The van der Waals surface area contributed by atoms with Gasteiger partial charge in [0.05, 0.1) is 0 Å². The van der Waals surface area contributed by atoms with Crippen molar-refractivity contribution in [3.05, 3.63) is 29.8 Å². The van der Waals surface area contributed by atoms with E-state index in [4.69, 9.17) is 0 Å². The van der Waals surface area contributed by atoms with Gasteiger partial charge in [-0.1, -0.05) is 12.1 Å². The van der Waals surface area contributed by atoms with Gasteiger partial charge in [0.25, 0.3) is 0 Å². The van der Waals surface area contributed by atoms with E-state index in [0.29, 0.717) is 5.92 Å². The molecular weight excluding hydrogens is 274 g/mol. The van der Waals surface area contributed by atoms with Gasteiger partial charge in [-0.25, -0.2) is 0 Å². The zero-order valence-electron chi connectivity index (χ0n) is 12.7. The van der Waals surface area contributed by atoms with Crippen LogP contribution in [0.1, 0.15) is 31.4 Å². The molecule has 2 rings (SSSR count). The first-order valence-electron chi connectivity index (χ1n) is 7.51. The average molecular weight is 298 g/mol. The lowest BCUT2D eigenvalue weighted by molar-refractivity contribution is -0.0498. The highest BCUT2D eigenvalue weighted by Crippen LogP contribution is 2.20. The highest BCUT2D eigenvalue weighted by Gasteiger charge is 2.17. The van der Waals surface area contributed by atoms with Crippen LogP contribution in [0.15, 0.2) is 24.3 Å². The second kappa shape index (κ2) is 7.71. The lowest BCUT2D eigenvalue weighted by atomic mass is 9.97. The molecular formula is C16H24F2N2O. The van der Waals surface area contributed by atoms with Crippen LogP contribution in [0.3, 0.4) is 0 Å². The van der Waals surface area contributed by atoms with Gasteiger partial charge in [-0.3, -0.25) is 0 Å². The third-order valence-electron chi connectivity index (χ3n) is 4.04. The van der Waals surface area contributed by atoms with E-state index in [1.807, 2.05) is 12.1 Å². The monoisotopic (exact) mass is 298 g/mol. The topological polar surface area (TPSA) is 24.5 Å². The van der Waals surface area contributed by atoms with Crippen LogP contribution in [0, 0.1) is 5.92 Å². The van der Waals surface area contributed by atoms with E-state index in [1.165, 1.54) is 19.4 Å². The largest absolute Gasteiger partial charge is 0.435 e. The Hall–Kier alpha value is -1.20. The van der Waals surface area contributed by atoms with Crippen molar-refractivity contribution in [3.63, 3.8) is 0 Å². The summed E-state index contributed by atoms with van der Waals surface area (Å²) in [4.78, 5) is 2.37. The predicted octanol–water partition coefficient (Wildman–Crippen LogP) is 3.28. The summed E-state index contributed by atoms with van der Waals surface area (Å²) in [6.45, 7) is 2.64. The van der Waals surface area contributed by atoms with Crippen molar-refractivity contribution in [2.24, 2.45) is 5.92 Å². The third-order valence-corrected chi connectivity index (χ3v) is 4.04. The van der Waals surface area contributed by atoms with Gasteiger partial charge in [0.15, 0.2) is 0 Å². The Morgan fingerprint density at radius 2 is 2.05 bits per heavy atom. The van der Waals surface area contributed by atoms with Crippen LogP contribution in [0.5, 0.6) is 5.75 Å². The van der Waals surface area contributed by atoms with Gasteiger partial charge in [0, 0.05) is 12.6 Å². The lowest BCUT2D eigenvalue weighted by Gasteiger charge is -2.30. The van der Waals surface area contributed by atoms with E-state index in [-0.39, 0.29) is 11.8 Å². The van der Waals surface area contributed by atoms with Crippen molar-refractivity contribution in [1.82, 2.24) is 10.2 Å². The number of nitrogens with one attached hydrogen (secondary N) is 1. The molecule has 1 heterocycles. The van der Waals surface area contributed by atoms with E-state index < -0.39 is 6.61 Å². The summed E-state index contributed by atoms with van der Waals surface area (Å²) in [5.41, 5.74) is 1.08. The zero-order valence-corrected chi connectivity index (χ0v) is 12.7. The van der Waals surface area contributed by atoms with Gasteiger partial charge >= 0.3 is 6.61 Å². The molecule has 1 fully saturated rings. The Balaban J connectivity index is 1.81. The molecule has 0 bridgehead atoms. The number of halogens is 2. The summed E-state index contributed by atoms with van der Waals surface area (Å²) in [6, 6.07) is 7.06. The third kappa shape index (κ3) is 5.25. The van der Waals surface area contributed by atoms with Gasteiger partial charge in [-0.2, -0.15) is 8.78 Å². The average Bonchev–Trinajstić information content (AvgIpc) is 2.45. The molecule has 2 unspecified atom stereocenters. The van der Waals surface area contributed by atoms with Crippen LogP contribution < -0.4 is 10.1 Å². The van der Waals surface area contributed by atoms with Crippen LogP contribution in [-0.4, -0.2) is 38.2 Å². The van der Waals surface area contributed by atoms with Gasteiger partial charge in [0.2, 0.25) is 0 Å². The molecule has 1 N–H and O–H groups in total. The predicted molar refractivity (Wildman–Crippen MR) is 79.7 cm³/mol. The first kappa shape index (κ1) is 16.2. The van der Waals surface area contributed by atoms with Gasteiger partial charge in [-0.15, -0.1) is 0 Å². The summed E-state index contributed by atoms with van der Waals surface area (Å²) >= 11 is 0. The molecule has 1 aliphatic rings. The molecule has 5 heteroatoms. The Morgan fingerprint density at radius 3 is 2.67 bits per heavy atom. The molecule has 0 radical (unpaired) electrons. The molecule has 0 aromatic heterocycles. The Bertz CT molecular complexity index is 425. The van der Waals surface area contributed by atoms with Crippen LogP contribution in [-0.2, 0) is 0 Å². The zero-order chi connectivity index (χ0) is 15.2. The van der Waals surface area contributed by atoms with Crippen LogP contribution in [0.4, 0.5) is 8.78 Å². The number of alkyl halides is 2. The molecule has 1 aliphatic heterocycles. The molecule has 0 amide bonds. The summed E-state index contributed by atoms with van der Waals surface area (Å²) in [5.74, 6) is 0.891. The summed E-state index contributed by atoms with van der Waals surface area (Å²) in [7, 11) is 2.16. The van der Waals surface area contributed by atoms with Crippen molar-refractivity contribution in [3.8, 4) is 5.75 Å². The second-order valence-corrected chi connectivity index (χ2v) is 5.85. The maximum absolute atomic E-state index is 12.1. The van der Waals surface area contributed by atoms with Gasteiger partial charge in [0.1, 0.15) is 5.75 Å². The number of rotatable bonds is 6.